The molecule has 0 radical (unpaired) electrons. The minimum atomic E-state index is -0.901. The van der Waals surface area contributed by atoms with Gasteiger partial charge in [0.2, 0.25) is 0 Å². The van der Waals surface area contributed by atoms with Crippen LogP contribution in [0.25, 0.3) is 0 Å². The summed E-state index contributed by atoms with van der Waals surface area (Å²) in [6.45, 7) is 4.48. The summed E-state index contributed by atoms with van der Waals surface area (Å²) in [6, 6.07) is 11.3. The molecule has 0 aliphatic rings. The van der Waals surface area contributed by atoms with E-state index in [1.54, 1.807) is 0 Å². The summed E-state index contributed by atoms with van der Waals surface area (Å²) in [4.78, 5) is 0. The SMILES string of the molecule is CCC(C)CCCc1cccc(Oc2ccc(F)c(F)c2)c1. The molecule has 0 saturated heterocycles. The molecule has 1 nitrogen and oxygen atoms in total. The topological polar surface area (TPSA) is 9.23 Å². The Morgan fingerprint density at radius 3 is 2.50 bits per heavy atom. The Bertz CT molecular complexity index is 610. The Hall–Kier alpha value is -1.90. The zero-order chi connectivity index (χ0) is 15.9. The van der Waals surface area contributed by atoms with Crippen LogP contribution >= 0.6 is 0 Å². The second kappa shape index (κ2) is 7.92. The second-order valence-electron chi connectivity index (χ2n) is 5.73. The normalized spacial score (nSPS) is 12.2. The van der Waals surface area contributed by atoms with E-state index >= 15 is 0 Å². The van der Waals surface area contributed by atoms with Crippen LogP contribution in [-0.2, 0) is 6.42 Å². The highest BCUT2D eigenvalue weighted by Gasteiger charge is 2.05. The molecule has 3 heteroatoms. The van der Waals surface area contributed by atoms with Crippen LogP contribution in [0.2, 0.25) is 0 Å². The highest BCUT2D eigenvalue weighted by atomic mass is 19.2. The van der Waals surface area contributed by atoms with Crippen molar-refractivity contribution in [2.75, 3.05) is 0 Å². The summed E-state index contributed by atoms with van der Waals surface area (Å²) < 4.78 is 31.7. The molecule has 0 amide bonds. The van der Waals surface area contributed by atoms with Crippen molar-refractivity contribution in [1.82, 2.24) is 0 Å². The largest absolute Gasteiger partial charge is 0.457 e. The Balaban J connectivity index is 1.97. The summed E-state index contributed by atoms with van der Waals surface area (Å²) in [5, 5.41) is 0. The highest BCUT2D eigenvalue weighted by Crippen LogP contribution is 2.24. The Morgan fingerprint density at radius 2 is 1.77 bits per heavy atom. The molecule has 22 heavy (non-hydrogen) atoms. The van der Waals surface area contributed by atoms with Crippen molar-refractivity contribution in [3.05, 3.63) is 59.7 Å². The lowest BCUT2D eigenvalue weighted by molar-refractivity contribution is 0.460. The maximum absolute atomic E-state index is 13.2. The molecule has 0 heterocycles. The smallest absolute Gasteiger partial charge is 0.162 e. The van der Waals surface area contributed by atoms with Gasteiger partial charge in [-0.2, -0.15) is 0 Å². The molecule has 0 aliphatic carbocycles. The van der Waals surface area contributed by atoms with Gasteiger partial charge in [0.15, 0.2) is 11.6 Å². The van der Waals surface area contributed by atoms with Crippen molar-refractivity contribution in [2.24, 2.45) is 5.92 Å². The minimum Gasteiger partial charge on any atom is -0.457 e. The van der Waals surface area contributed by atoms with E-state index < -0.39 is 11.6 Å². The van der Waals surface area contributed by atoms with Crippen LogP contribution in [-0.4, -0.2) is 0 Å². The zero-order valence-electron chi connectivity index (χ0n) is 13.1. The highest BCUT2D eigenvalue weighted by molar-refractivity contribution is 5.34. The van der Waals surface area contributed by atoms with E-state index in [0.717, 1.165) is 30.9 Å². The average molecular weight is 304 g/mol. The zero-order valence-corrected chi connectivity index (χ0v) is 13.1. The van der Waals surface area contributed by atoms with Gasteiger partial charge in [0, 0.05) is 6.07 Å². The molecule has 118 valence electrons. The molecular weight excluding hydrogens is 282 g/mol. The van der Waals surface area contributed by atoms with Crippen molar-refractivity contribution in [3.63, 3.8) is 0 Å². The first kappa shape index (κ1) is 16.5. The van der Waals surface area contributed by atoms with Gasteiger partial charge < -0.3 is 4.74 Å². The van der Waals surface area contributed by atoms with Crippen molar-refractivity contribution < 1.29 is 13.5 Å². The lowest BCUT2D eigenvalue weighted by Crippen LogP contribution is -1.94. The predicted octanol–water partition coefficient (Wildman–Crippen LogP) is 6.13. The van der Waals surface area contributed by atoms with E-state index in [-0.39, 0.29) is 0 Å². The van der Waals surface area contributed by atoms with Gasteiger partial charge in [-0.05, 0) is 48.6 Å². The van der Waals surface area contributed by atoms with Crippen molar-refractivity contribution >= 4 is 0 Å². The first-order valence-electron chi connectivity index (χ1n) is 7.80. The number of halogens is 2. The Kier molecular flexibility index (Phi) is 5.93. The third-order valence-corrected chi connectivity index (χ3v) is 3.88. The number of hydrogen-bond donors (Lipinski definition) is 0. The molecule has 0 N–H and O–H groups in total. The molecule has 0 saturated carbocycles. The summed E-state index contributed by atoms with van der Waals surface area (Å²) in [7, 11) is 0. The van der Waals surface area contributed by atoms with Crippen LogP contribution < -0.4 is 4.74 Å². The molecule has 0 bridgehead atoms. The summed E-state index contributed by atoms with van der Waals surface area (Å²) in [6.07, 6.45) is 4.56. The van der Waals surface area contributed by atoms with Crippen LogP contribution in [0, 0.1) is 17.6 Å². The molecule has 0 aromatic heterocycles. The monoisotopic (exact) mass is 304 g/mol. The van der Waals surface area contributed by atoms with Crippen LogP contribution in [0.1, 0.15) is 38.7 Å². The lowest BCUT2D eigenvalue weighted by atomic mass is 9.99. The van der Waals surface area contributed by atoms with Crippen LogP contribution in [0.15, 0.2) is 42.5 Å². The molecule has 0 fully saturated rings. The van der Waals surface area contributed by atoms with Gasteiger partial charge in [0.1, 0.15) is 11.5 Å². The molecule has 0 aliphatic heterocycles. The van der Waals surface area contributed by atoms with Crippen LogP contribution in [0.5, 0.6) is 11.5 Å². The van der Waals surface area contributed by atoms with E-state index in [9.17, 15) is 8.78 Å². The fourth-order valence-electron chi connectivity index (χ4n) is 2.30. The maximum atomic E-state index is 13.2. The molecule has 2 rings (SSSR count). The third-order valence-electron chi connectivity index (χ3n) is 3.88. The number of hydrogen-bond acceptors (Lipinski definition) is 1. The van der Waals surface area contributed by atoms with Crippen LogP contribution in [0.3, 0.4) is 0 Å². The van der Waals surface area contributed by atoms with E-state index in [1.165, 1.54) is 24.5 Å². The van der Waals surface area contributed by atoms with Crippen molar-refractivity contribution in [3.8, 4) is 11.5 Å². The molecule has 1 atom stereocenters. The van der Waals surface area contributed by atoms with Gasteiger partial charge in [-0.15, -0.1) is 0 Å². The molecule has 0 spiro atoms. The third kappa shape index (κ3) is 4.83. The van der Waals surface area contributed by atoms with Gasteiger partial charge in [-0.25, -0.2) is 8.78 Å². The van der Waals surface area contributed by atoms with Gasteiger partial charge in [-0.3, -0.25) is 0 Å². The number of aryl methyl sites for hydroxylation is 1. The van der Waals surface area contributed by atoms with Crippen molar-refractivity contribution in [2.45, 2.75) is 39.5 Å². The second-order valence-corrected chi connectivity index (χ2v) is 5.73. The van der Waals surface area contributed by atoms with Gasteiger partial charge in [-0.1, -0.05) is 38.8 Å². The minimum absolute atomic E-state index is 0.302. The Morgan fingerprint density at radius 1 is 1.00 bits per heavy atom. The fourth-order valence-corrected chi connectivity index (χ4v) is 2.30. The summed E-state index contributed by atoms with van der Waals surface area (Å²) >= 11 is 0. The molecule has 1 unspecified atom stereocenters. The summed E-state index contributed by atoms with van der Waals surface area (Å²) in [5.74, 6) is -0.0716. The lowest BCUT2D eigenvalue weighted by Gasteiger charge is -2.10. The standard InChI is InChI=1S/C19H22F2O/c1-3-14(2)6-4-7-15-8-5-9-16(12-15)22-17-10-11-18(20)19(21)13-17/h5,8-14H,3-4,6-7H2,1-2H3. The van der Waals surface area contributed by atoms with E-state index in [2.05, 4.69) is 19.9 Å². The van der Waals surface area contributed by atoms with Gasteiger partial charge in [0.05, 0.1) is 0 Å². The quantitative estimate of drug-likeness (QED) is 0.598. The molecular formula is C19H22F2O. The predicted molar refractivity (Wildman–Crippen MR) is 85.3 cm³/mol. The van der Waals surface area contributed by atoms with E-state index in [0.29, 0.717) is 11.5 Å². The number of ether oxygens (including phenoxy) is 1. The van der Waals surface area contributed by atoms with E-state index in [4.69, 9.17) is 4.74 Å². The van der Waals surface area contributed by atoms with Gasteiger partial charge in [0.25, 0.3) is 0 Å². The maximum Gasteiger partial charge on any atom is 0.162 e. The summed E-state index contributed by atoms with van der Waals surface area (Å²) in [5.41, 5.74) is 1.20. The van der Waals surface area contributed by atoms with Crippen LogP contribution in [0.4, 0.5) is 8.78 Å². The van der Waals surface area contributed by atoms with Gasteiger partial charge >= 0.3 is 0 Å². The first-order chi connectivity index (χ1) is 10.6. The molecule has 2 aromatic rings. The number of benzene rings is 2. The number of rotatable bonds is 7. The Labute approximate surface area is 130 Å². The molecule has 2 aromatic carbocycles. The first-order valence-corrected chi connectivity index (χ1v) is 7.80. The van der Waals surface area contributed by atoms with E-state index in [1.807, 2.05) is 18.2 Å². The van der Waals surface area contributed by atoms with Crippen molar-refractivity contribution in [1.29, 1.82) is 0 Å². The fraction of sp³-hybridized carbons (Fsp3) is 0.368. The average Bonchev–Trinajstić information content (AvgIpc) is 2.51.